The maximum atomic E-state index is 13.8. The van der Waals surface area contributed by atoms with Crippen LogP contribution in [-0.4, -0.2) is 18.4 Å². The number of hydrogen-bond acceptors (Lipinski definition) is 2. The molecule has 0 spiro atoms. The van der Waals surface area contributed by atoms with E-state index in [2.05, 4.69) is 10.6 Å². The maximum Gasteiger partial charge on any atom is 0.237 e. The van der Waals surface area contributed by atoms with Crippen molar-refractivity contribution in [2.45, 2.75) is 19.3 Å². The number of hydrogen-bond donors (Lipinski definition) is 2. The summed E-state index contributed by atoms with van der Waals surface area (Å²) < 4.78 is 27.1. The molecule has 1 aliphatic rings. The van der Waals surface area contributed by atoms with E-state index in [1.54, 1.807) is 0 Å². The Hall–Kier alpha value is -2.76. The van der Waals surface area contributed by atoms with Crippen molar-refractivity contribution in [3.8, 4) is 0 Å². The average molecular weight is 344 g/mol. The number of aryl methyl sites for hydroxylation is 1. The third kappa shape index (κ3) is 3.52. The molecule has 0 aromatic heterocycles. The quantitative estimate of drug-likeness (QED) is 0.841. The van der Waals surface area contributed by atoms with E-state index >= 15 is 0 Å². The minimum absolute atomic E-state index is 0.272. The van der Waals surface area contributed by atoms with Crippen LogP contribution < -0.4 is 10.6 Å². The zero-order valence-corrected chi connectivity index (χ0v) is 13.7. The summed E-state index contributed by atoms with van der Waals surface area (Å²) in [4.78, 5) is 24.9. The van der Waals surface area contributed by atoms with E-state index in [0.717, 1.165) is 17.2 Å². The van der Waals surface area contributed by atoms with Crippen molar-refractivity contribution >= 4 is 17.5 Å². The molecule has 25 heavy (non-hydrogen) atoms. The van der Waals surface area contributed by atoms with E-state index in [4.69, 9.17) is 0 Å². The number of anilines is 1. The third-order valence-electron chi connectivity index (χ3n) is 4.44. The predicted octanol–water partition coefficient (Wildman–Crippen LogP) is 3.13. The van der Waals surface area contributed by atoms with Crippen molar-refractivity contribution in [1.29, 1.82) is 0 Å². The Bertz CT molecular complexity index is 806. The van der Waals surface area contributed by atoms with Gasteiger partial charge in [0, 0.05) is 12.5 Å². The second-order valence-electron chi connectivity index (χ2n) is 6.17. The van der Waals surface area contributed by atoms with Crippen LogP contribution in [0.25, 0.3) is 0 Å². The molecule has 0 unspecified atom stereocenters. The van der Waals surface area contributed by atoms with Crippen molar-refractivity contribution in [1.82, 2.24) is 5.32 Å². The summed E-state index contributed by atoms with van der Waals surface area (Å²) in [5, 5.41) is 5.02. The standard InChI is InChI=1S/C19H18F2N2O2/c1-11-5-7-12(8-6-11)13-9-10-22-18(24)16(13)19(25)23-15-4-2-3-14(20)17(15)21/h2-8,13,16H,9-10H2,1H3,(H,22,24)(H,23,25)/t13-,16-/m1/s1. The number of benzene rings is 2. The summed E-state index contributed by atoms with van der Waals surface area (Å²) in [6.07, 6.45) is 0.596. The smallest absolute Gasteiger partial charge is 0.237 e. The molecule has 1 fully saturated rings. The summed E-state index contributed by atoms with van der Waals surface area (Å²) >= 11 is 0. The maximum absolute atomic E-state index is 13.8. The predicted molar refractivity (Wildman–Crippen MR) is 90.0 cm³/mol. The molecule has 1 saturated heterocycles. The van der Waals surface area contributed by atoms with Gasteiger partial charge in [-0.3, -0.25) is 9.59 Å². The number of rotatable bonds is 3. The first kappa shape index (κ1) is 17.1. The van der Waals surface area contributed by atoms with Gasteiger partial charge >= 0.3 is 0 Å². The zero-order valence-electron chi connectivity index (χ0n) is 13.7. The Kier molecular flexibility index (Phi) is 4.79. The molecule has 0 aliphatic carbocycles. The summed E-state index contributed by atoms with van der Waals surface area (Å²) in [5.74, 6) is -4.57. The first-order valence-corrected chi connectivity index (χ1v) is 8.06. The number of halogens is 2. The largest absolute Gasteiger partial charge is 0.355 e. The van der Waals surface area contributed by atoms with Crippen LogP contribution in [0, 0.1) is 24.5 Å². The number of carbonyl (C=O) groups is 2. The van der Waals surface area contributed by atoms with Crippen LogP contribution in [0.3, 0.4) is 0 Å². The van der Waals surface area contributed by atoms with Gasteiger partial charge in [0.25, 0.3) is 0 Å². The summed E-state index contributed by atoms with van der Waals surface area (Å²) in [7, 11) is 0. The van der Waals surface area contributed by atoms with Gasteiger partial charge in [0.15, 0.2) is 11.6 Å². The highest BCUT2D eigenvalue weighted by Crippen LogP contribution is 2.32. The molecule has 2 amide bonds. The lowest BCUT2D eigenvalue weighted by Gasteiger charge is -2.30. The van der Waals surface area contributed by atoms with Crippen molar-refractivity contribution in [2.75, 3.05) is 11.9 Å². The van der Waals surface area contributed by atoms with E-state index in [9.17, 15) is 18.4 Å². The van der Waals surface area contributed by atoms with Crippen molar-refractivity contribution in [3.63, 3.8) is 0 Å². The van der Waals surface area contributed by atoms with Crippen molar-refractivity contribution in [3.05, 3.63) is 65.2 Å². The van der Waals surface area contributed by atoms with Gasteiger partial charge in [-0.1, -0.05) is 35.9 Å². The molecule has 2 aromatic rings. The molecule has 0 radical (unpaired) electrons. The molecule has 2 aromatic carbocycles. The van der Waals surface area contributed by atoms with Crippen LogP contribution in [0.1, 0.15) is 23.5 Å². The molecular formula is C19H18F2N2O2. The van der Waals surface area contributed by atoms with Gasteiger partial charge in [0.2, 0.25) is 11.8 Å². The number of carbonyl (C=O) groups excluding carboxylic acids is 2. The van der Waals surface area contributed by atoms with Gasteiger partial charge in [0.1, 0.15) is 5.92 Å². The fourth-order valence-electron chi connectivity index (χ4n) is 3.10. The lowest BCUT2D eigenvalue weighted by atomic mass is 9.80. The minimum Gasteiger partial charge on any atom is -0.355 e. The second kappa shape index (κ2) is 7.01. The number of nitrogens with one attached hydrogen (secondary N) is 2. The normalized spacial score (nSPS) is 20.0. The lowest BCUT2D eigenvalue weighted by molar-refractivity contribution is -0.135. The zero-order chi connectivity index (χ0) is 18.0. The number of piperidine rings is 1. The lowest BCUT2D eigenvalue weighted by Crippen LogP contribution is -2.46. The average Bonchev–Trinajstić information content (AvgIpc) is 2.59. The Morgan fingerprint density at radius 2 is 1.88 bits per heavy atom. The molecule has 0 saturated carbocycles. The van der Waals surface area contributed by atoms with E-state index in [0.29, 0.717) is 13.0 Å². The molecule has 0 bridgehead atoms. The van der Waals surface area contributed by atoms with E-state index in [1.807, 2.05) is 31.2 Å². The fraction of sp³-hybridized carbons (Fsp3) is 0.263. The monoisotopic (exact) mass is 344 g/mol. The molecule has 2 atom stereocenters. The van der Waals surface area contributed by atoms with Crippen LogP contribution in [0.15, 0.2) is 42.5 Å². The minimum atomic E-state index is -1.14. The van der Waals surface area contributed by atoms with Crippen molar-refractivity contribution < 1.29 is 18.4 Å². The van der Waals surface area contributed by atoms with E-state index < -0.39 is 29.4 Å². The first-order valence-electron chi connectivity index (χ1n) is 8.06. The molecule has 1 heterocycles. The molecular weight excluding hydrogens is 326 g/mol. The molecule has 4 nitrogen and oxygen atoms in total. The Balaban J connectivity index is 1.87. The molecule has 3 rings (SSSR count). The highest BCUT2D eigenvalue weighted by Gasteiger charge is 2.38. The third-order valence-corrected chi connectivity index (χ3v) is 4.44. The molecule has 1 aliphatic heterocycles. The van der Waals surface area contributed by atoms with Gasteiger partial charge in [-0.25, -0.2) is 8.78 Å². The molecule has 6 heteroatoms. The highest BCUT2D eigenvalue weighted by atomic mass is 19.2. The van der Waals surface area contributed by atoms with Crippen LogP contribution >= 0.6 is 0 Å². The van der Waals surface area contributed by atoms with Gasteiger partial charge in [0.05, 0.1) is 5.69 Å². The van der Waals surface area contributed by atoms with Gasteiger partial charge < -0.3 is 10.6 Å². The first-order chi connectivity index (χ1) is 12.0. The molecule has 130 valence electrons. The Labute approximate surface area is 144 Å². The Morgan fingerprint density at radius 3 is 2.60 bits per heavy atom. The van der Waals surface area contributed by atoms with Gasteiger partial charge in [-0.2, -0.15) is 0 Å². The summed E-state index contributed by atoms with van der Waals surface area (Å²) in [6.45, 7) is 2.42. The van der Waals surface area contributed by atoms with Crippen LogP contribution in [-0.2, 0) is 9.59 Å². The second-order valence-corrected chi connectivity index (χ2v) is 6.17. The van der Waals surface area contributed by atoms with E-state index in [1.165, 1.54) is 12.1 Å². The van der Waals surface area contributed by atoms with Crippen molar-refractivity contribution in [2.24, 2.45) is 5.92 Å². The van der Waals surface area contributed by atoms with Gasteiger partial charge in [-0.05, 0) is 31.0 Å². The SMILES string of the molecule is Cc1ccc([C@H]2CCNC(=O)[C@@H]2C(=O)Nc2cccc(F)c2F)cc1. The van der Waals surface area contributed by atoms with Gasteiger partial charge in [-0.15, -0.1) is 0 Å². The Morgan fingerprint density at radius 1 is 1.16 bits per heavy atom. The fourth-order valence-corrected chi connectivity index (χ4v) is 3.10. The van der Waals surface area contributed by atoms with E-state index in [-0.39, 0.29) is 11.6 Å². The van der Waals surface area contributed by atoms with Crippen LogP contribution in [0.5, 0.6) is 0 Å². The molecule has 2 N–H and O–H groups in total. The highest BCUT2D eigenvalue weighted by molar-refractivity contribution is 6.07. The summed E-state index contributed by atoms with van der Waals surface area (Å²) in [6, 6.07) is 11.1. The topological polar surface area (TPSA) is 58.2 Å². The number of amides is 2. The van der Waals surface area contributed by atoms with Crippen LogP contribution in [0.4, 0.5) is 14.5 Å². The van der Waals surface area contributed by atoms with Crippen LogP contribution in [0.2, 0.25) is 0 Å². The summed E-state index contributed by atoms with van der Waals surface area (Å²) in [5.41, 5.74) is 1.68.